The van der Waals surface area contributed by atoms with Gasteiger partial charge in [-0.05, 0) is 58.3 Å². The topological polar surface area (TPSA) is 9.23 Å². The van der Waals surface area contributed by atoms with Gasteiger partial charge in [0, 0.05) is 0 Å². The second-order valence-corrected chi connectivity index (χ2v) is 3.22. The van der Waals surface area contributed by atoms with Gasteiger partial charge in [0.15, 0.2) is 7.53 Å². The van der Waals surface area contributed by atoms with Crippen LogP contribution in [0.15, 0.2) is 20.7 Å². The van der Waals surface area contributed by atoms with Gasteiger partial charge in [0.2, 0.25) is 0 Å². The Balaban J connectivity index is 3.32. The van der Waals surface area contributed by atoms with Crippen molar-refractivity contribution in [1.82, 2.24) is 0 Å². The fourth-order valence-electron chi connectivity index (χ4n) is 0.120. The van der Waals surface area contributed by atoms with Crippen LogP contribution < -0.4 is 0 Å². The Bertz CT molecular complexity index is 85.9. The molecule has 0 fully saturated rings. The minimum atomic E-state index is 0.650. The number of rotatable bonds is 2. The molecule has 40 valence electrons. The molecule has 0 saturated heterocycles. The van der Waals surface area contributed by atoms with Crippen LogP contribution in [0.5, 0.6) is 0 Å². The van der Waals surface area contributed by atoms with E-state index in [0.29, 0.717) is 7.53 Å². The van der Waals surface area contributed by atoms with E-state index in [-0.39, 0.29) is 0 Å². The number of hydrogen-bond donors (Lipinski definition) is 0. The van der Waals surface area contributed by atoms with Crippen LogP contribution in [0.4, 0.5) is 0 Å². The largest absolute Gasteiger partial charge is 0.446 e. The van der Waals surface area contributed by atoms with Crippen molar-refractivity contribution in [3.63, 3.8) is 0 Å². The van der Waals surface area contributed by atoms with E-state index in [1.165, 1.54) is 0 Å². The molecule has 0 N–H and O–H groups in total. The van der Waals surface area contributed by atoms with Crippen LogP contribution in [0.2, 0.25) is 0 Å². The van der Waals surface area contributed by atoms with Crippen LogP contribution in [0, 0.1) is 0 Å². The lowest BCUT2D eigenvalue weighted by Gasteiger charge is -1.95. The van der Waals surface area contributed by atoms with Gasteiger partial charge in [-0.3, -0.25) is 0 Å². The zero-order valence-corrected chi connectivity index (χ0v) is 7.89. The Labute approximate surface area is 70.1 Å². The molecule has 0 bridgehead atoms. The van der Waals surface area contributed by atoms with Crippen molar-refractivity contribution in [1.29, 1.82) is 0 Å². The predicted molar refractivity (Wildman–Crippen MR) is 47.4 cm³/mol. The average Bonchev–Trinajstić information content (AvgIpc) is 1.27. The molecule has 0 aromatic rings. The molecular formula is C4H4I2O. The average molecular weight is 322 g/mol. The quantitative estimate of drug-likeness (QED) is 0.561. The van der Waals surface area contributed by atoms with E-state index in [1.807, 2.05) is 45.2 Å². The molecule has 0 spiro atoms. The highest BCUT2D eigenvalue weighted by Gasteiger charge is 1.84. The second-order valence-electron chi connectivity index (χ2n) is 0.812. The lowest BCUT2D eigenvalue weighted by molar-refractivity contribution is 0.393. The van der Waals surface area contributed by atoms with E-state index >= 15 is 0 Å². The van der Waals surface area contributed by atoms with E-state index in [4.69, 9.17) is 4.74 Å². The molecule has 0 aliphatic heterocycles. The highest BCUT2D eigenvalue weighted by atomic mass is 127. The van der Waals surface area contributed by atoms with Gasteiger partial charge in [-0.15, -0.1) is 0 Å². The van der Waals surface area contributed by atoms with E-state index in [1.54, 1.807) is 0 Å². The zero-order chi connectivity index (χ0) is 5.86. The first-order chi connectivity index (χ1) is 3.13. The summed E-state index contributed by atoms with van der Waals surface area (Å²) in [4.78, 5) is 0. The summed E-state index contributed by atoms with van der Waals surface area (Å²) < 4.78 is 6.13. The smallest absolute Gasteiger partial charge is 0.157 e. The third-order valence-electron chi connectivity index (χ3n) is 0.221. The molecular weight excluding hydrogens is 318 g/mol. The molecule has 0 saturated carbocycles. The summed E-state index contributed by atoms with van der Waals surface area (Å²) in [7, 11) is 0. The van der Waals surface area contributed by atoms with Gasteiger partial charge in [-0.1, -0.05) is 0 Å². The summed E-state index contributed by atoms with van der Waals surface area (Å²) in [5, 5.41) is 0. The van der Waals surface area contributed by atoms with Crippen LogP contribution in [0.25, 0.3) is 0 Å². The van der Waals surface area contributed by atoms with Crippen molar-refractivity contribution in [3.8, 4) is 0 Å². The first-order valence-electron chi connectivity index (χ1n) is 1.49. The van der Waals surface area contributed by atoms with Gasteiger partial charge in [0.1, 0.15) is 0 Å². The predicted octanol–water partition coefficient (Wildman–Crippen LogP) is 2.82. The van der Waals surface area contributed by atoms with Gasteiger partial charge < -0.3 is 4.74 Å². The summed E-state index contributed by atoms with van der Waals surface area (Å²) in [5.41, 5.74) is 0. The van der Waals surface area contributed by atoms with Crippen LogP contribution in [-0.2, 0) is 4.74 Å². The Morgan fingerprint density at radius 1 is 1.14 bits per heavy atom. The van der Waals surface area contributed by atoms with E-state index in [2.05, 4.69) is 13.2 Å². The summed E-state index contributed by atoms with van der Waals surface area (Å²) in [6.07, 6.45) is 0. The highest BCUT2D eigenvalue weighted by molar-refractivity contribution is 14.1. The maximum Gasteiger partial charge on any atom is 0.157 e. The molecule has 0 aliphatic carbocycles. The fourth-order valence-corrected chi connectivity index (χ4v) is 1.07. The van der Waals surface area contributed by atoms with E-state index in [9.17, 15) is 0 Å². The molecule has 1 nitrogen and oxygen atoms in total. The third kappa shape index (κ3) is 6.74. The SMILES string of the molecule is C=C(I)OC(=C)I. The van der Waals surface area contributed by atoms with Crippen molar-refractivity contribution in [2.24, 2.45) is 0 Å². The number of hydrogen-bond acceptors (Lipinski definition) is 1. The molecule has 0 amide bonds. The van der Waals surface area contributed by atoms with E-state index < -0.39 is 0 Å². The molecule has 0 rings (SSSR count). The Hall–Kier alpha value is 0.740. The van der Waals surface area contributed by atoms with Crippen molar-refractivity contribution in [2.75, 3.05) is 0 Å². The summed E-state index contributed by atoms with van der Waals surface area (Å²) in [5.74, 6) is 0. The lowest BCUT2D eigenvalue weighted by Crippen LogP contribution is -1.71. The minimum Gasteiger partial charge on any atom is -0.446 e. The van der Waals surface area contributed by atoms with Crippen LogP contribution in [-0.4, -0.2) is 0 Å². The molecule has 0 heterocycles. The Morgan fingerprint density at radius 3 is 1.43 bits per heavy atom. The maximum absolute atomic E-state index is 4.83. The molecule has 0 aromatic carbocycles. The highest BCUT2D eigenvalue weighted by Crippen LogP contribution is 2.13. The Kier molecular flexibility index (Phi) is 4.10. The van der Waals surface area contributed by atoms with Gasteiger partial charge in [0.25, 0.3) is 0 Å². The summed E-state index contributed by atoms with van der Waals surface area (Å²) in [6, 6.07) is 0. The molecule has 0 atom stereocenters. The van der Waals surface area contributed by atoms with Gasteiger partial charge >= 0.3 is 0 Å². The van der Waals surface area contributed by atoms with Crippen LogP contribution in [0.3, 0.4) is 0 Å². The summed E-state index contributed by atoms with van der Waals surface area (Å²) >= 11 is 3.95. The standard InChI is InChI=1S/C4H4I2O/c1-3(5)7-4(2)6/h1-2H2. The lowest BCUT2D eigenvalue weighted by atomic mass is 11.1. The third-order valence-corrected chi connectivity index (χ3v) is 0.662. The van der Waals surface area contributed by atoms with Crippen LogP contribution >= 0.6 is 45.2 Å². The maximum atomic E-state index is 4.83. The fraction of sp³-hybridized carbons (Fsp3) is 0. The van der Waals surface area contributed by atoms with Gasteiger partial charge in [-0.2, -0.15) is 0 Å². The first-order valence-corrected chi connectivity index (χ1v) is 3.65. The van der Waals surface area contributed by atoms with Crippen molar-refractivity contribution < 1.29 is 4.74 Å². The molecule has 3 heteroatoms. The Morgan fingerprint density at radius 2 is 1.43 bits per heavy atom. The number of halogens is 2. The molecule has 0 radical (unpaired) electrons. The van der Waals surface area contributed by atoms with Gasteiger partial charge in [0.05, 0.1) is 0 Å². The van der Waals surface area contributed by atoms with Crippen LogP contribution in [0.1, 0.15) is 0 Å². The normalized spacial score (nSPS) is 7.71. The molecule has 0 aromatic heterocycles. The first kappa shape index (κ1) is 7.74. The van der Waals surface area contributed by atoms with Gasteiger partial charge in [-0.25, -0.2) is 0 Å². The number of ether oxygens (including phenoxy) is 1. The van der Waals surface area contributed by atoms with E-state index in [0.717, 1.165) is 0 Å². The van der Waals surface area contributed by atoms with Crippen molar-refractivity contribution >= 4 is 45.2 Å². The van der Waals surface area contributed by atoms with Crippen molar-refractivity contribution in [3.05, 3.63) is 20.7 Å². The molecule has 0 unspecified atom stereocenters. The van der Waals surface area contributed by atoms with Crippen molar-refractivity contribution in [2.45, 2.75) is 0 Å². The monoisotopic (exact) mass is 322 g/mol. The molecule has 7 heavy (non-hydrogen) atoms. The zero-order valence-electron chi connectivity index (χ0n) is 3.58. The second kappa shape index (κ2) is 3.71. The molecule has 0 aliphatic rings. The minimum absolute atomic E-state index is 0.650. The summed E-state index contributed by atoms with van der Waals surface area (Å²) in [6.45, 7) is 6.99.